The summed E-state index contributed by atoms with van der Waals surface area (Å²) >= 11 is 1.05. The predicted molar refractivity (Wildman–Crippen MR) is 105 cm³/mol. The molecule has 1 amide bonds. The average molecular weight is 429 g/mol. The second-order valence-electron chi connectivity index (χ2n) is 6.27. The summed E-state index contributed by atoms with van der Waals surface area (Å²) in [6.45, 7) is -0.210. The molecule has 2 heterocycles. The van der Waals surface area contributed by atoms with E-state index in [-0.39, 0.29) is 23.6 Å². The van der Waals surface area contributed by atoms with Crippen molar-refractivity contribution in [2.75, 3.05) is 13.7 Å². The number of esters is 1. The van der Waals surface area contributed by atoms with E-state index in [1.807, 2.05) is 0 Å². The minimum absolute atomic E-state index is 0.00723. The molecule has 0 spiro atoms. The number of aromatic nitrogens is 1. The molecule has 1 aliphatic rings. The van der Waals surface area contributed by atoms with Crippen LogP contribution in [0.4, 0.5) is 5.69 Å². The highest BCUT2D eigenvalue weighted by molar-refractivity contribution is 7.16. The Labute approximate surface area is 173 Å². The lowest BCUT2D eigenvalue weighted by Crippen LogP contribution is -2.37. The van der Waals surface area contributed by atoms with Crippen molar-refractivity contribution in [1.82, 2.24) is 4.57 Å². The van der Waals surface area contributed by atoms with E-state index in [1.165, 1.54) is 29.9 Å². The third kappa shape index (κ3) is 3.74. The molecule has 154 valence electrons. The van der Waals surface area contributed by atoms with E-state index in [2.05, 4.69) is 4.99 Å². The first-order valence-corrected chi connectivity index (χ1v) is 9.59. The fraction of sp³-hybridized carbons (Fsp3) is 0.211. The zero-order valence-electron chi connectivity index (χ0n) is 15.6. The second-order valence-corrected chi connectivity index (χ2v) is 7.28. The molecule has 1 unspecified atom stereocenters. The normalized spacial score (nSPS) is 15.8. The van der Waals surface area contributed by atoms with Gasteiger partial charge in [-0.05, 0) is 18.2 Å². The number of non-ortho nitro benzene ring substituents is 1. The maximum absolute atomic E-state index is 12.7. The van der Waals surface area contributed by atoms with Crippen LogP contribution in [0.25, 0.3) is 10.2 Å². The molecule has 0 saturated carbocycles. The van der Waals surface area contributed by atoms with Crippen molar-refractivity contribution < 1.29 is 28.7 Å². The summed E-state index contributed by atoms with van der Waals surface area (Å²) < 4.78 is 17.9. The van der Waals surface area contributed by atoms with Gasteiger partial charge in [0.25, 0.3) is 11.6 Å². The number of benzene rings is 2. The highest BCUT2D eigenvalue weighted by Gasteiger charge is 2.27. The largest absolute Gasteiger partial charge is 0.485 e. The van der Waals surface area contributed by atoms with Gasteiger partial charge in [-0.3, -0.25) is 19.7 Å². The van der Waals surface area contributed by atoms with Crippen LogP contribution in [0.2, 0.25) is 0 Å². The van der Waals surface area contributed by atoms with Gasteiger partial charge in [0.15, 0.2) is 16.3 Å². The van der Waals surface area contributed by atoms with Crippen LogP contribution in [0.15, 0.2) is 47.5 Å². The van der Waals surface area contributed by atoms with E-state index < -0.39 is 22.9 Å². The molecule has 30 heavy (non-hydrogen) atoms. The molecular formula is C19H15N3O7S. The van der Waals surface area contributed by atoms with E-state index in [0.717, 1.165) is 11.3 Å². The third-order valence-corrected chi connectivity index (χ3v) is 5.42. The summed E-state index contributed by atoms with van der Waals surface area (Å²) in [6, 6.07) is 11.2. The number of nitrogens with zero attached hydrogens (tertiary/aromatic N) is 3. The van der Waals surface area contributed by atoms with Crippen LogP contribution < -0.4 is 14.3 Å². The van der Waals surface area contributed by atoms with Gasteiger partial charge in [-0.15, -0.1) is 0 Å². The Bertz CT molecular complexity index is 1230. The Kier molecular flexibility index (Phi) is 5.19. The summed E-state index contributed by atoms with van der Waals surface area (Å²) in [4.78, 5) is 39.5. The molecule has 2 aromatic carbocycles. The van der Waals surface area contributed by atoms with Crippen molar-refractivity contribution in [3.8, 4) is 11.5 Å². The van der Waals surface area contributed by atoms with Crippen molar-refractivity contribution in [1.29, 1.82) is 0 Å². The Morgan fingerprint density at radius 3 is 2.80 bits per heavy atom. The number of hydrogen-bond acceptors (Lipinski definition) is 8. The number of amides is 1. The zero-order chi connectivity index (χ0) is 21.3. The highest BCUT2D eigenvalue weighted by atomic mass is 32.1. The maximum atomic E-state index is 12.7. The molecule has 0 saturated heterocycles. The molecule has 11 heteroatoms. The number of fused-ring (bicyclic) bond motifs is 2. The minimum Gasteiger partial charge on any atom is -0.485 e. The number of ether oxygens (including phenoxy) is 3. The smallest absolute Gasteiger partial charge is 0.325 e. The van der Waals surface area contributed by atoms with Crippen molar-refractivity contribution in [3.05, 3.63) is 57.4 Å². The van der Waals surface area contributed by atoms with Crippen molar-refractivity contribution in [2.24, 2.45) is 4.99 Å². The van der Waals surface area contributed by atoms with Crippen LogP contribution in [0, 0.1) is 10.1 Å². The highest BCUT2D eigenvalue weighted by Crippen LogP contribution is 2.31. The van der Waals surface area contributed by atoms with Crippen LogP contribution in [-0.4, -0.2) is 41.2 Å². The molecule has 10 nitrogen and oxygen atoms in total. The number of carbonyl (C=O) groups is 2. The van der Waals surface area contributed by atoms with Gasteiger partial charge in [0.1, 0.15) is 13.2 Å². The Morgan fingerprint density at radius 2 is 2.07 bits per heavy atom. The van der Waals surface area contributed by atoms with Crippen LogP contribution in [0.3, 0.4) is 0 Å². The van der Waals surface area contributed by atoms with Gasteiger partial charge in [-0.1, -0.05) is 23.5 Å². The van der Waals surface area contributed by atoms with Gasteiger partial charge in [0.2, 0.25) is 6.10 Å². The molecule has 0 aliphatic carbocycles. The van der Waals surface area contributed by atoms with Gasteiger partial charge in [0.05, 0.1) is 22.2 Å². The molecule has 1 aliphatic heterocycles. The molecular weight excluding hydrogens is 414 g/mol. The molecule has 3 aromatic rings. The van der Waals surface area contributed by atoms with E-state index in [4.69, 9.17) is 14.2 Å². The summed E-state index contributed by atoms with van der Waals surface area (Å²) in [6.07, 6.45) is -0.953. The number of nitro benzene ring substituents is 1. The maximum Gasteiger partial charge on any atom is 0.325 e. The van der Waals surface area contributed by atoms with E-state index in [0.29, 0.717) is 21.7 Å². The summed E-state index contributed by atoms with van der Waals surface area (Å²) in [5.41, 5.74) is 0.418. The SMILES string of the molecule is COC(=O)Cn1c(=NC(=O)C2COc3ccccc3O2)sc2cc([N+](=O)[O-])ccc21. The van der Waals surface area contributed by atoms with E-state index >= 15 is 0 Å². The van der Waals surface area contributed by atoms with Gasteiger partial charge in [-0.25, -0.2) is 0 Å². The number of thiazole rings is 1. The number of methoxy groups -OCH3 is 1. The first-order chi connectivity index (χ1) is 14.5. The lowest BCUT2D eigenvalue weighted by atomic mass is 10.2. The van der Waals surface area contributed by atoms with Gasteiger partial charge in [0, 0.05) is 12.1 Å². The number of para-hydroxylation sites is 2. The van der Waals surface area contributed by atoms with Gasteiger partial charge < -0.3 is 18.8 Å². The Balaban J connectivity index is 1.73. The molecule has 0 bridgehead atoms. The average Bonchev–Trinajstić information content (AvgIpc) is 3.09. The number of rotatable bonds is 4. The van der Waals surface area contributed by atoms with E-state index in [9.17, 15) is 19.7 Å². The molecule has 0 radical (unpaired) electrons. The zero-order valence-corrected chi connectivity index (χ0v) is 16.5. The van der Waals surface area contributed by atoms with Crippen molar-refractivity contribution in [2.45, 2.75) is 12.6 Å². The third-order valence-electron chi connectivity index (χ3n) is 4.38. The number of nitro groups is 1. The fourth-order valence-electron chi connectivity index (χ4n) is 2.91. The molecule has 1 atom stereocenters. The summed E-state index contributed by atoms with van der Waals surface area (Å²) in [5, 5.41) is 11.1. The monoisotopic (exact) mass is 429 g/mol. The van der Waals surface area contributed by atoms with Crippen molar-refractivity contribution >= 4 is 39.1 Å². The van der Waals surface area contributed by atoms with Gasteiger partial charge in [-0.2, -0.15) is 4.99 Å². The Hall–Kier alpha value is -3.73. The predicted octanol–water partition coefficient (Wildman–Crippen LogP) is 2.05. The van der Waals surface area contributed by atoms with Gasteiger partial charge >= 0.3 is 5.97 Å². The minimum atomic E-state index is -0.953. The topological polar surface area (TPSA) is 122 Å². The first kappa shape index (κ1) is 19.6. The second kappa shape index (κ2) is 7.95. The molecule has 4 rings (SSSR count). The number of hydrogen-bond donors (Lipinski definition) is 0. The summed E-state index contributed by atoms with van der Waals surface area (Å²) in [5.74, 6) is -0.166. The summed E-state index contributed by atoms with van der Waals surface area (Å²) in [7, 11) is 1.24. The van der Waals surface area contributed by atoms with Crippen LogP contribution in [0.5, 0.6) is 11.5 Å². The van der Waals surface area contributed by atoms with Crippen LogP contribution in [0.1, 0.15) is 0 Å². The van der Waals surface area contributed by atoms with Crippen LogP contribution in [-0.2, 0) is 20.9 Å². The first-order valence-electron chi connectivity index (χ1n) is 8.78. The standard InChI is InChI=1S/C19H15N3O7S/c1-27-17(23)9-21-12-7-6-11(22(25)26)8-16(12)30-19(21)20-18(24)15-10-28-13-4-2-3-5-14(13)29-15/h2-8,15H,9-10H2,1H3. The quantitative estimate of drug-likeness (QED) is 0.353. The van der Waals surface area contributed by atoms with Crippen LogP contribution >= 0.6 is 11.3 Å². The molecule has 0 fully saturated rings. The molecule has 0 N–H and O–H groups in total. The molecule has 1 aromatic heterocycles. The van der Waals surface area contributed by atoms with E-state index in [1.54, 1.807) is 24.3 Å². The number of carbonyl (C=O) groups excluding carboxylic acids is 2. The fourth-order valence-corrected chi connectivity index (χ4v) is 3.98. The lowest BCUT2D eigenvalue weighted by molar-refractivity contribution is -0.384. The lowest BCUT2D eigenvalue weighted by Gasteiger charge is -2.23. The Morgan fingerprint density at radius 1 is 1.30 bits per heavy atom. The van der Waals surface area contributed by atoms with Crippen molar-refractivity contribution in [3.63, 3.8) is 0 Å².